The summed E-state index contributed by atoms with van der Waals surface area (Å²) in [5.41, 5.74) is 1.04. The van der Waals surface area contributed by atoms with Crippen LogP contribution in [-0.4, -0.2) is 36.5 Å². The molecule has 0 aromatic rings. The van der Waals surface area contributed by atoms with E-state index >= 15 is 0 Å². The molecule has 0 saturated carbocycles. The number of carbonyl (C=O) groups is 1. The van der Waals surface area contributed by atoms with Crippen molar-refractivity contribution in [2.24, 2.45) is 0 Å². The summed E-state index contributed by atoms with van der Waals surface area (Å²) in [5.74, 6) is 0.236. The second-order valence-corrected chi connectivity index (χ2v) is 4.31. The van der Waals surface area contributed by atoms with Crippen molar-refractivity contribution in [3.05, 3.63) is 12.2 Å². The fourth-order valence-corrected chi connectivity index (χ4v) is 1.95. The summed E-state index contributed by atoms with van der Waals surface area (Å²) in [7, 11) is 0. The number of nitrogens with zero attached hydrogens (tertiary/aromatic N) is 1. The Morgan fingerprint density at radius 3 is 2.73 bits per heavy atom. The quantitative estimate of drug-likeness (QED) is 0.714. The molecule has 3 heteroatoms. The third-order valence-corrected chi connectivity index (χ3v) is 2.76. The van der Waals surface area contributed by atoms with Gasteiger partial charge in [0.15, 0.2) is 0 Å². The van der Waals surface area contributed by atoms with E-state index in [9.17, 15) is 4.79 Å². The Balaban J connectivity index is 2.50. The minimum atomic E-state index is 0.0399. The Morgan fingerprint density at radius 1 is 1.53 bits per heavy atom. The van der Waals surface area contributed by atoms with Gasteiger partial charge in [-0.1, -0.05) is 18.6 Å². The van der Waals surface area contributed by atoms with Crippen LogP contribution < -0.4 is 5.32 Å². The van der Waals surface area contributed by atoms with Gasteiger partial charge >= 0.3 is 0 Å². The van der Waals surface area contributed by atoms with Gasteiger partial charge in [-0.05, 0) is 33.2 Å². The molecule has 1 aliphatic rings. The molecule has 0 aromatic carbocycles. The lowest BCUT2D eigenvalue weighted by molar-refractivity contribution is -0.133. The number of hydrogen-bond donors (Lipinski definition) is 1. The molecule has 3 nitrogen and oxygen atoms in total. The third-order valence-electron chi connectivity index (χ3n) is 2.76. The van der Waals surface area contributed by atoms with Gasteiger partial charge in [0, 0.05) is 13.1 Å². The van der Waals surface area contributed by atoms with Crippen LogP contribution in [-0.2, 0) is 4.79 Å². The standard InChI is InChI=1S/C12H22N2O/c1-4-14(9-10(2)3)12(15)11-7-5-6-8-13-11/h11,13H,2,4-9H2,1,3H3. The summed E-state index contributed by atoms with van der Waals surface area (Å²) < 4.78 is 0. The lowest BCUT2D eigenvalue weighted by Gasteiger charge is -2.29. The molecule has 86 valence electrons. The highest BCUT2D eigenvalue weighted by atomic mass is 16.2. The SMILES string of the molecule is C=C(C)CN(CC)C(=O)C1CCCCN1. The number of nitrogens with one attached hydrogen (secondary N) is 1. The summed E-state index contributed by atoms with van der Waals surface area (Å²) >= 11 is 0. The minimum absolute atomic E-state index is 0.0399. The predicted octanol–water partition coefficient (Wildman–Crippen LogP) is 1.55. The van der Waals surface area contributed by atoms with Crippen LogP contribution in [0.2, 0.25) is 0 Å². The number of likely N-dealkylation sites (N-methyl/N-ethyl adjacent to an activating group) is 1. The van der Waals surface area contributed by atoms with Crippen molar-refractivity contribution in [3.63, 3.8) is 0 Å². The van der Waals surface area contributed by atoms with E-state index in [4.69, 9.17) is 0 Å². The maximum Gasteiger partial charge on any atom is 0.239 e. The summed E-state index contributed by atoms with van der Waals surface area (Å²) in [4.78, 5) is 14.0. The minimum Gasteiger partial charge on any atom is -0.338 e. The van der Waals surface area contributed by atoms with E-state index in [1.165, 1.54) is 6.42 Å². The van der Waals surface area contributed by atoms with Gasteiger partial charge < -0.3 is 10.2 Å². The van der Waals surface area contributed by atoms with Crippen molar-refractivity contribution in [2.45, 2.75) is 39.2 Å². The molecule has 15 heavy (non-hydrogen) atoms. The van der Waals surface area contributed by atoms with Crippen LogP contribution in [0.1, 0.15) is 33.1 Å². The average molecular weight is 210 g/mol. The van der Waals surface area contributed by atoms with E-state index < -0.39 is 0 Å². The zero-order valence-corrected chi connectivity index (χ0v) is 9.88. The summed E-state index contributed by atoms with van der Waals surface area (Å²) in [5, 5.41) is 3.29. The zero-order chi connectivity index (χ0) is 11.3. The lowest BCUT2D eigenvalue weighted by atomic mass is 10.0. The Hall–Kier alpha value is -0.830. The fourth-order valence-electron chi connectivity index (χ4n) is 1.95. The van der Waals surface area contributed by atoms with Gasteiger partial charge in [-0.3, -0.25) is 4.79 Å². The number of hydrogen-bond acceptors (Lipinski definition) is 2. The van der Waals surface area contributed by atoms with Crippen LogP contribution in [0.3, 0.4) is 0 Å². The Morgan fingerprint density at radius 2 is 2.27 bits per heavy atom. The van der Waals surface area contributed by atoms with E-state index in [0.717, 1.165) is 31.5 Å². The second kappa shape index (κ2) is 5.91. The molecule has 1 rings (SSSR count). The molecule has 1 aliphatic heterocycles. The molecule has 1 atom stereocenters. The summed E-state index contributed by atoms with van der Waals surface area (Å²) in [6.07, 6.45) is 3.33. The second-order valence-electron chi connectivity index (χ2n) is 4.31. The van der Waals surface area contributed by atoms with Gasteiger partial charge in [0.2, 0.25) is 5.91 Å². The Bertz CT molecular complexity index is 232. The maximum absolute atomic E-state index is 12.1. The molecule has 1 unspecified atom stereocenters. The van der Waals surface area contributed by atoms with Crippen LogP contribution in [0.4, 0.5) is 0 Å². The first-order valence-corrected chi connectivity index (χ1v) is 5.81. The van der Waals surface area contributed by atoms with Crippen LogP contribution in [0.5, 0.6) is 0 Å². The normalized spacial score (nSPS) is 21.1. The number of rotatable bonds is 4. The fraction of sp³-hybridized carbons (Fsp3) is 0.750. The topological polar surface area (TPSA) is 32.3 Å². The predicted molar refractivity (Wildman–Crippen MR) is 62.7 cm³/mol. The molecule has 0 bridgehead atoms. The maximum atomic E-state index is 12.1. The van der Waals surface area contributed by atoms with Crippen LogP contribution in [0.25, 0.3) is 0 Å². The first kappa shape index (κ1) is 12.2. The summed E-state index contributed by atoms with van der Waals surface area (Å²) in [6, 6.07) is 0.0399. The molecule has 0 radical (unpaired) electrons. The van der Waals surface area contributed by atoms with E-state index in [1.807, 2.05) is 18.7 Å². The molecule has 1 heterocycles. The monoisotopic (exact) mass is 210 g/mol. The van der Waals surface area contributed by atoms with Crippen LogP contribution in [0, 0.1) is 0 Å². The van der Waals surface area contributed by atoms with Crippen molar-refractivity contribution in [1.82, 2.24) is 10.2 Å². The molecule has 1 saturated heterocycles. The number of piperidine rings is 1. The van der Waals surface area contributed by atoms with E-state index in [0.29, 0.717) is 6.54 Å². The molecule has 1 N–H and O–H groups in total. The smallest absolute Gasteiger partial charge is 0.239 e. The first-order chi connectivity index (χ1) is 7.15. The van der Waals surface area contributed by atoms with Crippen LogP contribution in [0.15, 0.2) is 12.2 Å². The molecule has 1 amide bonds. The molecule has 0 aromatic heterocycles. The highest BCUT2D eigenvalue weighted by molar-refractivity contribution is 5.82. The van der Waals surface area contributed by atoms with Gasteiger partial charge in [0.05, 0.1) is 6.04 Å². The van der Waals surface area contributed by atoms with Gasteiger partial charge in [-0.25, -0.2) is 0 Å². The van der Waals surface area contributed by atoms with Crippen molar-refractivity contribution < 1.29 is 4.79 Å². The van der Waals surface area contributed by atoms with Crippen molar-refractivity contribution >= 4 is 5.91 Å². The van der Waals surface area contributed by atoms with E-state index in [-0.39, 0.29) is 11.9 Å². The lowest BCUT2D eigenvalue weighted by Crippen LogP contribution is -2.48. The van der Waals surface area contributed by atoms with Gasteiger partial charge in [0.1, 0.15) is 0 Å². The van der Waals surface area contributed by atoms with E-state index in [1.54, 1.807) is 0 Å². The van der Waals surface area contributed by atoms with Gasteiger partial charge in [-0.15, -0.1) is 0 Å². The number of carbonyl (C=O) groups excluding carboxylic acids is 1. The molecular weight excluding hydrogens is 188 g/mol. The van der Waals surface area contributed by atoms with Crippen molar-refractivity contribution in [1.29, 1.82) is 0 Å². The van der Waals surface area contributed by atoms with Gasteiger partial charge in [-0.2, -0.15) is 0 Å². The van der Waals surface area contributed by atoms with E-state index in [2.05, 4.69) is 11.9 Å². The molecular formula is C12H22N2O. The highest BCUT2D eigenvalue weighted by Crippen LogP contribution is 2.10. The number of amides is 1. The molecule has 1 fully saturated rings. The van der Waals surface area contributed by atoms with Gasteiger partial charge in [0.25, 0.3) is 0 Å². The largest absolute Gasteiger partial charge is 0.338 e. The molecule has 0 spiro atoms. The zero-order valence-electron chi connectivity index (χ0n) is 9.88. The average Bonchev–Trinajstić information content (AvgIpc) is 2.26. The third kappa shape index (κ3) is 3.67. The summed E-state index contributed by atoms with van der Waals surface area (Å²) in [6.45, 7) is 10.3. The van der Waals surface area contributed by atoms with Crippen molar-refractivity contribution in [3.8, 4) is 0 Å². The van der Waals surface area contributed by atoms with Crippen LogP contribution >= 0.6 is 0 Å². The van der Waals surface area contributed by atoms with Crippen molar-refractivity contribution in [2.75, 3.05) is 19.6 Å². The molecule has 0 aliphatic carbocycles. The Kier molecular flexibility index (Phi) is 4.82. The highest BCUT2D eigenvalue weighted by Gasteiger charge is 2.24. The Labute approximate surface area is 92.5 Å². The first-order valence-electron chi connectivity index (χ1n) is 5.81.